The normalized spacial score (nSPS) is 14.1. The van der Waals surface area contributed by atoms with Crippen LogP contribution in [0.4, 0.5) is 0 Å². The van der Waals surface area contributed by atoms with Crippen LogP contribution in [0.3, 0.4) is 0 Å². The predicted molar refractivity (Wildman–Crippen MR) is 151 cm³/mol. The molecule has 2 aromatic heterocycles. The smallest absolute Gasteiger partial charge is 0.168 e. The van der Waals surface area contributed by atoms with Gasteiger partial charge in [0.05, 0.1) is 23.5 Å². The Balaban J connectivity index is 1.46. The maximum Gasteiger partial charge on any atom is 0.168 e. The molecule has 5 aromatic rings. The van der Waals surface area contributed by atoms with Crippen LogP contribution < -0.4 is 4.74 Å². The zero-order valence-corrected chi connectivity index (χ0v) is 23.1. The van der Waals surface area contributed by atoms with Crippen molar-refractivity contribution in [2.75, 3.05) is 7.11 Å². The van der Waals surface area contributed by atoms with Gasteiger partial charge in [-0.15, -0.1) is 10.2 Å². The number of benzene rings is 3. The summed E-state index contributed by atoms with van der Waals surface area (Å²) in [6.45, 7) is 2.05. The van der Waals surface area contributed by atoms with E-state index in [4.69, 9.17) is 44.6 Å². The van der Waals surface area contributed by atoms with E-state index in [0.717, 1.165) is 56.8 Å². The van der Waals surface area contributed by atoms with E-state index < -0.39 is 0 Å². The van der Waals surface area contributed by atoms with Crippen molar-refractivity contribution in [3.05, 3.63) is 97.9 Å². The van der Waals surface area contributed by atoms with E-state index in [0.29, 0.717) is 15.1 Å². The van der Waals surface area contributed by atoms with Crippen molar-refractivity contribution >= 4 is 46.1 Å². The van der Waals surface area contributed by atoms with E-state index in [9.17, 15) is 0 Å². The minimum atomic E-state index is -0.100. The van der Waals surface area contributed by atoms with E-state index in [1.54, 1.807) is 30.6 Å². The third-order valence-corrected chi connectivity index (χ3v) is 8.73. The Kier molecular flexibility index (Phi) is 6.24. The van der Waals surface area contributed by atoms with Crippen molar-refractivity contribution in [1.82, 2.24) is 20.0 Å². The molecule has 0 radical (unpaired) electrons. The number of aromatic nitrogens is 4. The number of hydrogen-bond donors (Lipinski definition) is 0. The van der Waals surface area contributed by atoms with Gasteiger partial charge in [-0.2, -0.15) is 5.10 Å². The molecule has 2 heterocycles. The molecule has 0 unspecified atom stereocenters. The Bertz CT molecular complexity index is 1610. The first-order valence-electron chi connectivity index (χ1n) is 11.7. The molecule has 6 rings (SSSR count). The topological polar surface area (TPSA) is 52.8 Å². The summed E-state index contributed by atoms with van der Waals surface area (Å²) in [5, 5.41) is 17.7. The van der Waals surface area contributed by atoms with Gasteiger partial charge in [0.2, 0.25) is 0 Å². The van der Waals surface area contributed by atoms with E-state index in [2.05, 4.69) is 22.3 Å². The Hall–Kier alpha value is -2.90. The SMILES string of the molecule is COc1ccc(C2(c3nnc(-c4nn(-c5ccc(Cl)cc5Cl)c(-c5ccc(Cl)cc5)c4C)s3)CC2)cc1. The van der Waals surface area contributed by atoms with Gasteiger partial charge in [-0.3, -0.25) is 0 Å². The number of ether oxygens (including phenoxy) is 1. The van der Waals surface area contributed by atoms with Gasteiger partial charge < -0.3 is 4.74 Å². The molecule has 9 heteroatoms. The Morgan fingerprint density at radius 1 is 0.892 bits per heavy atom. The number of halogens is 3. The molecule has 0 aliphatic heterocycles. The summed E-state index contributed by atoms with van der Waals surface area (Å²) in [4.78, 5) is 0. The first-order valence-corrected chi connectivity index (χ1v) is 13.6. The molecule has 1 aliphatic rings. The van der Waals surface area contributed by atoms with Gasteiger partial charge in [0.15, 0.2) is 5.01 Å². The quantitative estimate of drug-likeness (QED) is 0.207. The summed E-state index contributed by atoms with van der Waals surface area (Å²) < 4.78 is 7.18. The molecule has 0 spiro atoms. The minimum Gasteiger partial charge on any atom is -0.497 e. The van der Waals surface area contributed by atoms with Gasteiger partial charge in [0.25, 0.3) is 0 Å². The summed E-state index contributed by atoms with van der Waals surface area (Å²) in [6.07, 6.45) is 2.08. The summed E-state index contributed by atoms with van der Waals surface area (Å²) in [7, 11) is 1.68. The highest BCUT2D eigenvalue weighted by Gasteiger charge is 2.49. The van der Waals surface area contributed by atoms with Gasteiger partial charge in [-0.05, 0) is 67.8 Å². The molecule has 5 nitrogen and oxygen atoms in total. The van der Waals surface area contributed by atoms with E-state index in [1.165, 1.54) is 5.56 Å². The highest BCUT2D eigenvalue weighted by molar-refractivity contribution is 7.14. The molecule has 1 fully saturated rings. The highest BCUT2D eigenvalue weighted by Crippen LogP contribution is 2.55. The minimum absolute atomic E-state index is 0.100. The number of nitrogens with zero attached hydrogens (tertiary/aromatic N) is 4. The molecule has 37 heavy (non-hydrogen) atoms. The number of rotatable bonds is 6. The second kappa shape index (κ2) is 9.44. The van der Waals surface area contributed by atoms with E-state index in [1.807, 2.05) is 54.1 Å². The standard InChI is InChI=1S/C28H21Cl3N4OS/c1-16-24(26-32-33-27(37-26)28(13-14-28)18-5-10-21(36-2)11-6-18)34-35(23-12-9-20(30)15-22(23)31)25(16)17-3-7-19(29)8-4-17/h3-12,15H,13-14H2,1-2H3. The van der Waals surface area contributed by atoms with Crippen molar-refractivity contribution in [2.24, 2.45) is 0 Å². The van der Waals surface area contributed by atoms with Crippen LogP contribution in [0.2, 0.25) is 15.1 Å². The summed E-state index contributed by atoms with van der Waals surface area (Å²) in [5.74, 6) is 0.842. The van der Waals surface area contributed by atoms with Crippen LogP contribution in [-0.2, 0) is 5.41 Å². The van der Waals surface area contributed by atoms with Gasteiger partial charge in [-0.25, -0.2) is 4.68 Å². The van der Waals surface area contributed by atoms with Gasteiger partial charge in [0, 0.05) is 26.6 Å². The predicted octanol–water partition coefficient (Wildman–Crippen LogP) is 8.41. The molecule has 186 valence electrons. The third-order valence-electron chi connectivity index (χ3n) is 6.81. The summed E-state index contributed by atoms with van der Waals surface area (Å²) >= 11 is 20.6. The fourth-order valence-electron chi connectivity index (χ4n) is 4.65. The first kappa shape index (κ1) is 24.4. The lowest BCUT2D eigenvalue weighted by molar-refractivity contribution is 0.414. The van der Waals surface area contributed by atoms with Crippen LogP contribution in [0.15, 0.2) is 66.7 Å². The van der Waals surface area contributed by atoms with Crippen LogP contribution in [0.25, 0.3) is 27.6 Å². The van der Waals surface area contributed by atoms with Crippen molar-refractivity contribution in [1.29, 1.82) is 0 Å². The molecule has 0 atom stereocenters. The van der Waals surface area contributed by atoms with Crippen molar-refractivity contribution in [3.8, 4) is 33.4 Å². The molecule has 1 aliphatic carbocycles. The molecule has 3 aromatic carbocycles. The van der Waals surface area contributed by atoms with E-state index >= 15 is 0 Å². The molecule has 0 saturated heterocycles. The zero-order valence-electron chi connectivity index (χ0n) is 20.0. The van der Waals surface area contributed by atoms with Crippen LogP contribution in [0.1, 0.15) is 29.0 Å². The Labute approximate surface area is 233 Å². The van der Waals surface area contributed by atoms with Crippen LogP contribution in [-0.4, -0.2) is 27.1 Å². The monoisotopic (exact) mass is 566 g/mol. The zero-order chi connectivity index (χ0) is 25.7. The number of methoxy groups -OCH3 is 1. The average molecular weight is 568 g/mol. The van der Waals surface area contributed by atoms with Crippen LogP contribution in [0.5, 0.6) is 5.75 Å². The highest BCUT2D eigenvalue weighted by atomic mass is 35.5. The van der Waals surface area contributed by atoms with Gasteiger partial charge >= 0.3 is 0 Å². The average Bonchev–Trinajstić information content (AvgIpc) is 3.43. The molecule has 0 amide bonds. The van der Waals surface area contributed by atoms with Gasteiger partial charge in [0.1, 0.15) is 16.5 Å². The molecule has 0 N–H and O–H groups in total. The van der Waals surface area contributed by atoms with Gasteiger partial charge in [-0.1, -0.05) is 70.4 Å². The fraction of sp³-hybridized carbons (Fsp3) is 0.179. The molecule has 0 bridgehead atoms. The van der Waals surface area contributed by atoms with E-state index in [-0.39, 0.29) is 5.41 Å². The molecular weight excluding hydrogens is 547 g/mol. The lowest BCUT2D eigenvalue weighted by atomic mass is 9.97. The summed E-state index contributed by atoms with van der Waals surface area (Å²) in [5.41, 5.74) is 5.48. The second-order valence-electron chi connectivity index (χ2n) is 9.06. The van der Waals surface area contributed by atoms with Crippen molar-refractivity contribution in [2.45, 2.75) is 25.2 Å². The van der Waals surface area contributed by atoms with Crippen molar-refractivity contribution in [3.63, 3.8) is 0 Å². The number of hydrogen-bond acceptors (Lipinski definition) is 5. The lowest BCUT2D eigenvalue weighted by Crippen LogP contribution is -2.08. The Morgan fingerprint density at radius 2 is 1.59 bits per heavy atom. The third kappa shape index (κ3) is 4.32. The Morgan fingerprint density at radius 3 is 2.24 bits per heavy atom. The summed E-state index contributed by atoms with van der Waals surface area (Å²) in [6, 6.07) is 21.3. The van der Waals surface area contributed by atoms with Crippen LogP contribution >= 0.6 is 46.1 Å². The first-order chi connectivity index (χ1) is 17.9. The largest absolute Gasteiger partial charge is 0.497 e. The van der Waals surface area contributed by atoms with Crippen LogP contribution in [0, 0.1) is 6.92 Å². The lowest BCUT2D eigenvalue weighted by Gasteiger charge is -2.12. The maximum absolute atomic E-state index is 6.62. The molecular formula is C28H21Cl3N4OS. The fourth-order valence-corrected chi connectivity index (χ4v) is 6.42. The second-order valence-corrected chi connectivity index (χ2v) is 11.3. The molecule has 1 saturated carbocycles. The van der Waals surface area contributed by atoms with Crippen molar-refractivity contribution < 1.29 is 4.74 Å². The maximum atomic E-state index is 6.62.